The molecule has 2 saturated carbocycles. The van der Waals surface area contributed by atoms with Crippen molar-refractivity contribution < 1.29 is 9.90 Å². The Morgan fingerprint density at radius 3 is 1.80 bits per heavy atom. The van der Waals surface area contributed by atoms with Gasteiger partial charge in [-0.25, -0.2) is 0 Å². The van der Waals surface area contributed by atoms with Crippen molar-refractivity contribution in [3.05, 3.63) is 22.2 Å². The molecule has 0 heterocycles. The van der Waals surface area contributed by atoms with Crippen LogP contribution in [0.15, 0.2) is 12.1 Å². The van der Waals surface area contributed by atoms with Gasteiger partial charge in [0.1, 0.15) is 0 Å². The zero-order valence-corrected chi connectivity index (χ0v) is 16.1. The van der Waals surface area contributed by atoms with Crippen LogP contribution in [0.25, 0.3) is 0 Å². The van der Waals surface area contributed by atoms with Gasteiger partial charge in [-0.05, 0) is 49.7 Å². The van der Waals surface area contributed by atoms with E-state index in [4.69, 9.17) is 23.2 Å². The van der Waals surface area contributed by atoms with Gasteiger partial charge < -0.3 is 10.4 Å². The van der Waals surface area contributed by atoms with Crippen LogP contribution < -0.4 is 5.32 Å². The molecule has 0 radical (unpaired) electrons. The zero-order chi connectivity index (χ0) is 17.8. The number of benzene rings is 1. The Hall–Kier alpha value is -0.930. The van der Waals surface area contributed by atoms with E-state index >= 15 is 0 Å². The minimum atomic E-state index is -0.141. The second kappa shape index (κ2) is 8.64. The molecule has 3 rings (SSSR count). The van der Waals surface area contributed by atoms with E-state index in [2.05, 4.69) is 5.32 Å². The molecule has 1 aromatic rings. The van der Waals surface area contributed by atoms with Crippen molar-refractivity contribution >= 4 is 34.8 Å². The summed E-state index contributed by atoms with van der Waals surface area (Å²) in [4.78, 5) is 13.2. The number of nitrogens with one attached hydrogen (secondary N) is 1. The fourth-order valence-corrected chi connectivity index (χ4v) is 5.15. The summed E-state index contributed by atoms with van der Waals surface area (Å²) in [6, 6.07) is 3.14. The second-order valence-corrected chi connectivity index (χ2v) is 8.41. The third-order valence-electron chi connectivity index (χ3n) is 5.90. The molecule has 138 valence electrons. The number of amides is 1. The highest BCUT2D eigenvalue weighted by molar-refractivity contribution is 6.37. The van der Waals surface area contributed by atoms with Gasteiger partial charge in [0.05, 0.1) is 10.0 Å². The molecule has 0 aliphatic heterocycles. The number of phenols is 1. The molecule has 0 aromatic heterocycles. The summed E-state index contributed by atoms with van der Waals surface area (Å²) in [7, 11) is 0. The van der Waals surface area contributed by atoms with Crippen molar-refractivity contribution in [1.82, 2.24) is 0 Å². The van der Waals surface area contributed by atoms with Gasteiger partial charge >= 0.3 is 0 Å². The van der Waals surface area contributed by atoms with E-state index in [1.807, 2.05) is 0 Å². The predicted molar refractivity (Wildman–Crippen MR) is 103 cm³/mol. The molecule has 0 saturated heterocycles. The number of phenolic OH excluding ortho intramolecular Hbond substituents is 1. The van der Waals surface area contributed by atoms with Gasteiger partial charge in [-0.2, -0.15) is 0 Å². The molecule has 2 aliphatic rings. The molecule has 0 unspecified atom stereocenters. The van der Waals surface area contributed by atoms with Crippen molar-refractivity contribution in [2.75, 3.05) is 5.32 Å². The Balaban J connectivity index is 1.78. The first-order chi connectivity index (χ1) is 12.1. The summed E-state index contributed by atoms with van der Waals surface area (Å²) in [5.41, 5.74) is 0.564. The van der Waals surface area contributed by atoms with Crippen molar-refractivity contribution in [2.24, 2.45) is 17.8 Å². The monoisotopic (exact) mass is 383 g/mol. The smallest absolute Gasteiger partial charge is 0.228 e. The van der Waals surface area contributed by atoms with E-state index in [0.717, 1.165) is 25.7 Å². The van der Waals surface area contributed by atoms with E-state index in [9.17, 15) is 9.90 Å². The normalized spacial score (nSPS) is 20.0. The Kier molecular flexibility index (Phi) is 6.51. The summed E-state index contributed by atoms with van der Waals surface area (Å²) in [6.07, 6.45) is 12.2. The van der Waals surface area contributed by atoms with Crippen molar-refractivity contribution in [2.45, 2.75) is 64.2 Å². The van der Waals surface area contributed by atoms with Crippen molar-refractivity contribution in [3.63, 3.8) is 0 Å². The summed E-state index contributed by atoms with van der Waals surface area (Å²) in [5.74, 6) is 1.00. The van der Waals surface area contributed by atoms with Crippen LogP contribution in [-0.2, 0) is 4.79 Å². The van der Waals surface area contributed by atoms with E-state index in [1.165, 1.54) is 38.5 Å². The minimum absolute atomic E-state index is 0.0759. The molecule has 0 atom stereocenters. The molecular formula is C20H27Cl2NO2. The van der Waals surface area contributed by atoms with E-state index < -0.39 is 0 Å². The van der Waals surface area contributed by atoms with Gasteiger partial charge in [-0.15, -0.1) is 0 Å². The number of hydrogen-bond acceptors (Lipinski definition) is 2. The van der Waals surface area contributed by atoms with Crippen LogP contribution in [0.2, 0.25) is 10.0 Å². The maximum Gasteiger partial charge on any atom is 0.228 e. The van der Waals surface area contributed by atoms with Crippen molar-refractivity contribution in [1.29, 1.82) is 0 Å². The molecule has 0 spiro atoms. The molecular weight excluding hydrogens is 357 g/mol. The van der Waals surface area contributed by atoms with E-state index in [1.54, 1.807) is 12.1 Å². The number of carbonyl (C=O) groups excluding carboxylic acids is 1. The summed E-state index contributed by atoms with van der Waals surface area (Å²) in [6.45, 7) is 0. The Labute approximate surface area is 160 Å². The highest BCUT2D eigenvalue weighted by atomic mass is 35.5. The lowest BCUT2D eigenvalue weighted by Crippen LogP contribution is -2.37. The van der Waals surface area contributed by atoms with Gasteiger partial charge in [0.2, 0.25) is 5.91 Å². The summed E-state index contributed by atoms with van der Waals surface area (Å²) < 4.78 is 0. The number of halogens is 2. The lowest BCUT2D eigenvalue weighted by Gasteiger charge is -2.36. The first-order valence-corrected chi connectivity index (χ1v) is 10.3. The standard InChI is InChI=1S/C20H27Cl2NO2/c21-16-11-15(12-17(22)19(16)24)23-20(25)18(13-7-3-1-4-8-13)14-9-5-2-6-10-14/h11-14,18,24H,1-10H2,(H,23,25). The van der Waals surface area contributed by atoms with Crippen LogP contribution in [0, 0.1) is 17.8 Å². The molecule has 0 bridgehead atoms. The Morgan fingerprint density at radius 2 is 1.36 bits per heavy atom. The average molecular weight is 384 g/mol. The van der Waals surface area contributed by atoms with Gasteiger partial charge in [0.15, 0.2) is 5.75 Å². The first-order valence-electron chi connectivity index (χ1n) is 9.55. The van der Waals surface area contributed by atoms with Crippen LogP contribution in [0.1, 0.15) is 64.2 Å². The summed E-state index contributed by atoms with van der Waals surface area (Å²) in [5, 5.41) is 13.1. The third kappa shape index (κ3) is 4.62. The van der Waals surface area contributed by atoms with Crippen LogP contribution in [0.4, 0.5) is 5.69 Å². The summed E-state index contributed by atoms with van der Waals surface area (Å²) >= 11 is 12.0. The molecule has 1 amide bonds. The number of aromatic hydroxyl groups is 1. The SMILES string of the molecule is O=C(Nc1cc(Cl)c(O)c(Cl)c1)C(C1CCCCC1)C1CCCCC1. The maximum atomic E-state index is 13.2. The largest absolute Gasteiger partial charge is 0.505 e. The van der Waals surface area contributed by atoms with E-state index in [-0.39, 0.29) is 27.6 Å². The zero-order valence-electron chi connectivity index (χ0n) is 14.6. The molecule has 1 aromatic carbocycles. The quantitative estimate of drug-likeness (QED) is 0.589. The van der Waals surface area contributed by atoms with Gasteiger partial charge in [0.25, 0.3) is 0 Å². The fraction of sp³-hybridized carbons (Fsp3) is 0.650. The predicted octanol–water partition coefficient (Wildman–Crippen LogP) is 6.41. The van der Waals surface area contributed by atoms with Crippen LogP contribution in [-0.4, -0.2) is 11.0 Å². The average Bonchev–Trinajstić information content (AvgIpc) is 2.61. The molecule has 5 heteroatoms. The minimum Gasteiger partial charge on any atom is -0.505 e. The van der Waals surface area contributed by atoms with Crippen molar-refractivity contribution in [3.8, 4) is 5.75 Å². The molecule has 2 N–H and O–H groups in total. The highest BCUT2D eigenvalue weighted by Gasteiger charge is 2.36. The highest BCUT2D eigenvalue weighted by Crippen LogP contribution is 2.41. The fourth-order valence-electron chi connectivity index (χ4n) is 4.66. The number of carbonyl (C=O) groups is 1. The number of hydrogen-bond donors (Lipinski definition) is 2. The lowest BCUT2D eigenvalue weighted by molar-refractivity contribution is -0.124. The van der Waals surface area contributed by atoms with Gasteiger partial charge in [-0.3, -0.25) is 4.79 Å². The molecule has 25 heavy (non-hydrogen) atoms. The van der Waals surface area contributed by atoms with Crippen LogP contribution in [0.5, 0.6) is 5.75 Å². The number of anilines is 1. The van der Waals surface area contributed by atoms with Crippen LogP contribution in [0.3, 0.4) is 0 Å². The molecule has 2 aliphatic carbocycles. The molecule has 2 fully saturated rings. The van der Waals surface area contributed by atoms with Crippen LogP contribution >= 0.6 is 23.2 Å². The Bertz CT molecular complexity index is 567. The first kappa shape index (κ1) is 18.8. The second-order valence-electron chi connectivity index (χ2n) is 7.60. The van der Waals surface area contributed by atoms with Gasteiger partial charge in [-0.1, -0.05) is 61.7 Å². The Morgan fingerprint density at radius 1 is 0.920 bits per heavy atom. The molecule has 3 nitrogen and oxygen atoms in total. The van der Waals surface area contributed by atoms with Gasteiger partial charge in [0, 0.05) is 11.6 Å². The third-order valence-corrected chi connectivity index (χ3v) is 6.48. The topological polar surface area (TPSA) is 49.3 Å². The number of rotatable bonds is 4. The van der Waals surface area contributed by atoms with E-state index in [0.29, 0.717) is 17.5 Å². The maximum absolute atomic E-state index is 13.2. The lowest BCUT2D eigenvalue weighted by atomic mass is 9.69.